The fourth-order valence-electron chi connectivity index (χ4n) is 1.19. The van der Waals surface area contributed by atoms with Crippen LogP contribution in [-0.2, 0) is 4.79 Å². The third-order valence-electron chi connectivity index (χ3n) is 1.66. The zero-order valence-electron chi connectivity index (χ0n) is 7.05. The fraction of sp³-hybridized carbons (Fsp3) is 0.667. The molecule has 0 spiro atoms. The summed E-state index contributed by atoms with van der Waals surface area (Å²) >= 11 is 0. The highest BCUT2D eigenvalue weighted by molar-refractivity contribution is 5.67. The topological polar surface area (TPSA) is 37.3 Å². The molecule has 0 aliphatic heterocycles. The van der Waals surface area contributed by atoms with Crippen molar-refractivity contribution in [3.8, 4) is 0 Å². The van der Waals surface area contributed by atoms with Crippen molar-refractivity contribution in [1.29, 1.82) is 0 Å². The second kappa shape index (κ2) is 5.96. The first-order valence-corrected chi connectivity index (χ1v) is 4.03. The molecule has 1 N–H and O–H groups in total. The van der Waals surface area contributed by atoms with E-state index in [1.54, 1.807) is 6.08 Å². The summed E-state index contributed by atoms with van der Waals surface area (Å²) in [6.07, 6.45) is 4.92. The Morgan fingerprint density at radius 2 is 2.36 bits per heavy atom. The van der Waals surface area contributed by atoms with Crippen LogP contribution in [-0.4, -0.2) is 11.1 Å². The lowest BCUT2D eigenvalue weighted by Gasteiger charge is -2.09. The second-order valence-electron chi connectivity index (χ2n) is 2.78. The highest BCUT2D eigenvalue weighted by Gasteiger charge is 2.09. The molecule has 0 aromatic carbocycles. The Kier molecular flexibility index (Phi) is 5.53. The number of carbonyl (C=O) groups is 1. The summed E-state index contributed by atoms with van der Waals surface area (Å²) in [4.78, 5) is 10.3. The summed E-state index contributed by atoms with van der Waals surface area (Å²) in [6, 6.07) is 0. The monoisotopic (exact) mass is 156 g/mol. The van der Waals surface area contributed by atoms with E-state index in [1.807, 2.05) is 0 Å². The molecule has 64 valence electrons. The van der Waals surface area contributed by atoms with E-state index in [0.717, 1.165) is 19.3 Å². The van der Waals surface area contributed by atoms with Gasteiger partial charge in [0.2, 0.25) is 0 Å². The summed E-state index contributed by atoms with van der Waals surface area (Å²) in [5.41, 5.74) is 0. The number of carboxylic acids is 1. The molecule has 11 heavy (non-hydrogen) atoms. The van der Waals surface area contributed by atoms with Gasteiger partial charge in [-0.05, 0) is 18.8 Å². The Hall–Kier alpha value is -0.790. The molecule has 0 aromatic heterocycles. The summed E-state index contributed by atoms with van der Waals surface area (Å²) in [6.45, 7) is 5.66. The zero-order valence-corrected chi connectivity index (χ0v) is 7.05. The molecule has 0 aliphatic rings. The Morgan fingerprint density at radius 1 is 1.73 bits per heavy atom. The van der Waals surface area contributed by atoms with E-state index in [0.29, 0.717) is 0 Å². The second-order valence-corrected chi connectivity index (χ2v) is 2.78. The van der Waals surface area contributed by atoms with Gasteiger partial charge in [-0.15, -0.1) is 6.58 Å². The van der Waals surface area contributed by atoms with Crippen molar-refractivity contribution in [2.45, 2.75) is 32.6 Å². The SMILES string of the molecule is C=CCC(CCC)CC(=O)O. The molecule has 0 aromatic rings. The fourth-order valence-corrected chi connectivity index (χ4v) is 1.19. The lowest BCUT2D eigenvalue weighted by atomic mass is 9.96. The maximum atomic E-state index is 10.3. The Balaban J connectivity index is 3.67. The van der Waals surface area contributed by atoms with E-state index in [9.17, 15) is 4.79 Å². The van der Waals surface area contributed by atoms with Crippen molar-refractivity contribution >= 4 is 5.97 Å². The van der Waals surface area contributed by atoms with Gasteiger partial charge in [0.25, 0.3) is 0 Å². The Labute approximate surface area is 67.9 Å². The van der Waals surface area contributed by atoms with Crippen LogP contribution in [0.1, 0.15) is 32.6 Å². The van der Waals surface area contributed by atoms with Gasteiger partial charge in [-0.3, -0.25) is 4.79 Å². The zero-order chi connectivity index (χ0) is 8.69. The minimum Gasteiger partial charge on any atom is -0.481 e. The van der Waals surface area contributed by atoms with Gasteiger partial charge in [0.05, 0.1) is 0 Å². The molecule has 1 atom stereocenters. The predicted molar refractivity (Wildman–Crippen MR) is 45.5 cm³/mol. The van der Waals surface area contributed by atoms with E-state index in [1.165, 1.54) is 0 Å². The van der Waals surface area contributed by atoms with Crippen LogP contribution < -0.4 is 0 Å². The van der Waals surface area contributed by atoms with Gasteiger partial charge in [0.1, 0.15) is 0 Å². The molecule has 0 saturated carbocycles. The molecule has 2 nitrogen and oxygen atoms in total. The van der Waals surface area contributed by atoms with Gasteiger partial charge >= 0.3 is 5.97 Å². The van der Waals surface area contributed by atoms with E-state index in [4.69, 9.17) is 5.11 Å². The molecule has 0 fully saturated rings. The quantitative estimate of drug-likeness (QED) is 0.600. The molecule has 1 unspecified atom stereocenters. The number of aliphatic carboxylic acids is 1. The van der Waals surface area contributed by atoms with Crippen LogP contribution in [0.25, 0.3) is 0 Å². The molecule has 0 rings (SSSR count). The summed E-state index contributed by atoms with van der Waals surface area (Å²) < 4.78 is 0. The van der Waals surface area contributed by atoms with Crippen LogP contribution in [0.5, 0.6) is 0 Å². The lowest BCUT2D eigenvalue weighted by Crippen LogP contribution is -2.06. The third-order valence-corrected chi connectivity index (χ3v) is 1.66. The van der Waals surface area contributed by atoms with Crippen molar-refractivity contribution in [2.24, 2.45) is 5.92 Å². The number of carboxylic acid groups (broad SMARTS) is 1. The van der Waals surface area contributed by atoms with Gasteiger partial charge in [0.15, 0.2) is 0 Å². The molecular weight excluding hydrogens is 140 g/mol. The summed E-state index contributed by atoms with van der Waals surface area (Å²) in [5, 5.41) is 8.50. The van der Waals surface area contributed by atoms with Crippen molar-refractivity contribution < 1.29 is 9.90 Å². The largest absolute Gasteiger partial charge is 0.481 e. The molecule has 0 heterocycles. The van der Waals surface area contributed by atoms with Gasteiger partial charge in [-0.2, -0.15) is 0 Å². The number of allylic oxidation sites excluding steroid dienone is 1. The molecule has 0 bridgehead atoms. The minimum atomic E-state index is -0.703. The van der Waals surface area contributed by atoms with Gasteiger partial charge in [0, 0.05) is 6.42 Å². The van der Waals surface area contributed by atoms with E-state index >= 15 is 0 Å². The van der Waals surface area contributed by atoms with Crippen molar-refractivity contribution in [3.05, 3.63) is 12.7 Å². The number of hydrogen-bond acceptors (Lipinski definition) is 1. The number of rotatable bonds is 6. The van der Waals surface area contributed by atoms with Gasteiger partial charge in [-0.25, -0.2) is 0 Å². The molecular formula is C9H16O2. The maximum Gasteiger partial charge on any atom is 0.303 e. The van der Waals surface area contributed by atoms with E-state index < -0.39 is 5.97 Å². The lowest BCUT2D eigenvalue weighted by molar-refractivity contribution is -0.138. The molecule has 0 amide bonds. The van der Waals surface area contributed by atoms with Crippen molar-refractivity contribution in [3.63, 3.8) is 0 Å². The average molecular weight is 156 g/mol. The predicted octanol–water partition coefficient (Wildman–Crippen LogP) is 2.45. The van der Waals surface area contributed by atoms with Crippen LogP contribution >= 0.6 is 0 Å². The standard InChI is InChI=1S/C9H16O2/c1-3-5-8(6-4-2)7-9(10)11/h3,8H,1,4-7H2,2H3,(H,10,11). The summed E-state index contributed by atoms with van der Waals surface area (Å²) in [5.74, 6) is -0.416. The van der Waals surface area contributed by atoms with Crippen LogP contribution in [0.3, 0.4) is 0 Å². The average Bonchev–Trinajstić information content (AvgIpc) is 1.87. The van der Waals surface area contributed by atoms with Gasteiger partial charge < -0.3 is 5.11 Å². The highest BCUT2D eigenvalue weighted by atomic mass is 16.4. The molecule has 0 aliphatic carbocycles. The Bertz CT molecular complexity index is 130. The van der Waals surface area contributed by atoms with E-state index in [2.05, 4.69) is 13.5 Å². The first-order valence-electron chi connectivity index (χ1n) is 4.03. The number of hydrogen-bond donors (Lipinski definition) is 1. The smallest absolute Gasteiger partial charge is 0.303 e. The van der Waals surface area contributed by atoms with Gasteiger partial charge in [-0.1, -0.05) is 19.4 Å². The normalized spacial score (nSPS) is 12.5. The summed E-state index contributed by atoms with van der Waals surface area (Å²) in [7, 11) is 0. The van der Waals surface area contributed by atoms with E-state index in [-0.39, 0.29) is 12.3 Å². The molecule has 0 saturated heterocycles. The van der Waals surface area contributed by atoms with Crippen LogP contribution in [0, 0.1) is 5.92 Å². The van der Waals surface area contributed by atoms with Crippen molar-refractivity contribution in [2.75, 3.05) is 0 Å². The molecule has 0 radical (unpaired) electrons. The van der Waals surface area contributed by atoms with Crippen molar-refractivity contribution in [1.82, 2.24) is 0 Å². The van der Waals surface area contributed by atoms with Crippen LogP contribution in [0.4, 0.5) is 0 Å². The first-order chi connectivity index (χ1) is 5.20. The third kappa shape index (κ3) is 5.64. The highest BCUT2D eigenvalue weighted by Crippen LogP contribution is 2.15. The first kappa shape index (κ1) is 10.2. The molecule has 2 heteroatoms. The van der Waals surface area contributed by atoms with Crippen LogP contribution in [0.15, 0.2) is 12.7 Å². The minimum absolute atomic E-state index is 0.278. The Morgan fingerprint density at radius 3 is 2.73 bits per heavy atom. The van der Waals surface area contributed by atoms with Crippen LogP contribution in [0.2, 0.25) is 0 Å². The maximum absolute atomic E-state index is 10.3.